The monoisotopic (exact) mass is 941 g/mol. The molecule has 0 radical (unpaired) electrons. The molecular formula is C68H44BN5. The topological polar surface area (TPSA) is 38.9 Å². The maximum atomic E-state index is 5.65. The average Bonchev–Trinajstić information content (AvgIpc) is 4.11. The third kappa shape index (κ3) is 6.58. The van der Waals surface area contributed by atoms with Crippen LogP contribution in [0.5, 0.6) is 0 Å². The normalized spacial score (nSPS) is 12.0. The molecule has 2 aliphatic rings. The van der Waals surface area contributed by atoms with Gasteiger partial charge in [0.2, 0.25) is 0 Å². The summed E-state index contributed by atoms with van der Waals surface area (Å²) in [5, 5.41) is 0. The highest BCUT2D eigenvalue weighted by molar-refractivity contribution is 7.00. The van der Waals surface area contributed by atoms with Crippen molar-refractivity contribution in [3.63, 3.8) is 0 Å². The Hall–Kier alpha value is -9.78. The summed E-state index contributed by atoms with van der Waals surface area (Å²) in [6.45, 7) is -0.0898. The molecule has 6 heteroatoms. The van der Waals surface area contributed by atoms with E-state index in [9.17, 15) is 0 Å². The first-order valence-electron chi connectivity index (χ1n) is 25.4. The molecule has 11 aromatic carbocycles. The molecule has 2 aliphatic heterocycles. The number of anilines is 3. The molecule has 0 N–H and O–H groups in total. The number of benzene rings is 11. The van der Waals surface area contributed by atoms with Crippen LogP contribution in [0.2, 0.25) is 0 Å². The summed E-state index contributed by atoms with van der Waals surface area (Å²) in [6.07, 6.45) is 0. The summed E-state index contributed by atoms with van der Waals surface area (Å²) in [5.74, 6) is 1.81. The number of rotatable bonds is 9. The fourth-order valence-corrected chi connectivity index (χ4v) is 11.9. The molecule has 13 aromatic rings. The molecule has 0 saturated heterocycles. The van der Waals surface area contributed by atoms with Crippen molar-refractivity contribution in [3.05, 3.63) is 267 Å². The summed E-state index contributed by atoms with van der Waals surface area (Å²) >= 11 is 0. The van der Waals surface area contributed by atoms with E-state index >= 15 is 0 Å². The first-order chi connectivity index (χ1) is 36.7. The quantitative estimate of drug-likeness (QED) is 0.135. The van der Waals surface area contributed by atoms with Gasteiger partial charge in [-0.15, -0.1) is 0 Å². The van der Waals surface area contributed by atoms with Crippen molar-refractivity contribution in [1.82, 2.24) is 19.1 Å². The second-order valence-electron chi connectivity index (χ2n) is 19.3. The summed E-state index contributed by atoms with van der Waals surface area (Å²) in [4.78, 5) is 13.7. The third-order valence-corrected chi connectivity index (χ3v) is 15.2. The van der Waals surface area contributed by atoms with Gasteiger partial charge in [-0.1, -0.05) is 218 Å². The Kier molecular flexibility index (Phi) is 9.60. The van der Waals surface area contributed by atoms with Crippen molar-refractivity contribution in [2.45, 2.75) is 0 Å². The molecule has 74 heavy (non-hydrogen) atoms. The van der Waals surface area contributed by atoms with Gasteiger partial charge in [0.1, 0.15) is 11.6 Å². The van der Waals surface area contributed by atoms with Gasteiger partial charge in [-0.3, -0.25) is 9.13 Å². The maximum absolute atomic E-state index is 5.65. The van der Waals surface area contributed by atoms with E-state index in [2.05, 4.69) is 281 Å². The van der Waals surface area contributed by atoms with Gasteiger partial charge in [0, 0.05) is 33.9 Å². The first-order valence-corrected chi connectivity index (χ1v) is 25.4. The molecular weight excluding hydrogens is 898 g/mol. The molecule has 344 valence electrons. The van der Waals surface area contributed by atoms with E-state index in [1.807, 2.05) is 0 Å². The van der Waals surface area contributed by atoms with Crippen LogP contribution in [-0.2, 0) is 0 Å². The zero-order valence-corrected chi connectivity index (χ0v) is 40.2. The van der Waals surface area contributed by atoms with Crippen molar-refractivity contribution in [2.75, 3.05) is 4.90 Å². The van der Waals surface area contributed by atoms with Crippen LogP contribution >= 0.6 is 0 Å². The van der Waals surface area contributed by atoms with E-state index in [0.717, 1.165) is 107 Å². The number of aromatic nitrogens is 4. The van der Waals surface area contributed by atoms with Gasteiger partial charge in [0.25, 0.3) is 6.71 Å². The van der Waals surface area contributed by atoms with Gasteiger partial charge in [0.15, 0.2) is 0 Å². The maximum Gasteiger partial charge on any atom is 0.252 e. The Bertz CT molecular complexity index is 4010. The Morgan fingerprint density at radius 1 is 0.297 bits per heavy atom. The van der Waals surface area contributed by atoms with Gasteiger partial charge >= 0.3 is 0 Å². The molecule has 0 aliphatic carbocycles. The Balaban J connectivity index is 1.05. The molecule has 0 saturated carbocycles. The Labute approximate surface area is 429 Å². The van der Waals surface area contributed by atoms with E-state index < -0.39 is 0 Å². The van der Waals surface area contributed by atoms with Gasteiger partial charge in [-0.05, 0) is 109 Å². The molecule has 2 aromatic heterocycles. The lowest BCUT2D eigenvalue weighted by Gasteiger charge is -2.35. The van der Waals surface area contributed by atoms with Crippen LogP contribution in [-0.4, -0.2) is 25.8 Å². The summed E-state index contributed by atoms with van der Waals surface area (Å²) in [7, 11) is 0. The lowest BCUT2D eigenvalue weighted by molar-refractivity contribution is 1.07. The molecule has 0 amide bonds. The number of hydrogen-bond acceptors (Lipinski definition) is 3. The molecule has 0 fully saturated rings. The first kappa shape index (κ1) is 42.0. The van der Waals surface area contributed by atoms with Crippen LogP contribution in [0.4, 0.5) is 17.1 Å². The van der Waals surface area contributed by atoms with E-state index in [4.69, 9.17) is 9.97 Å². The minimum absolute atomic E-state index is 0.0898. The van der Waals surface area contributed by atoms with Crippen LogP contribution < -0.4 is 21.3 Å². The van der Waals surface area contributed by atoms with Crippen molar-refractivity contribution < 1.29 is 0 Å². The highest BCUT2D eigenvalue weighted by Gasteiger charge is 2.42. The van der Waals surface area contributed by atoms with E-state index in [1.54, 1.807) is 0 Å². The molecule has 4 heterocycles. The SMILES string of the molecule is c1ccc(-c2ccc(N(c3ccc(-c4ccccc4)cc3)c3cc4c5c(c3)-n3c(-c6ccccc6-c6ccccc6)nc6cccc(c63)B5c3cccc5nc(-c6ccccc6-c6ccccc6)n-4c35)cc2)cc1. The minimum atomic E-state index is -0.0898. The van der Waals surface area contributed by atoms with Crippen LogP contribution in [0.3, 0.4) is 0 Å². The average molecular weight is 942 g/mol. The van der Waals surface area contributed by atoms with Crippen molar-refractivity contribution in [3.8, 4) is 78.7 Å². The van der Waals surface area contributed by atoms with Crippen LogP contribution in [0.15, 0.2) is 267 Å². The second kappa shape index (κ2) is 16.9. The van der Waals surface area contributed by atoms with Gasteiger partial charge in [-0.25, -0.2) is 9.97 Å². The zero-order chi connectivity index (χ0) is 48.7. The molecule has 5 nitrogen and oxygen atoms in total. The molecule has 0 bridgehead atoms. The second-order valence-corrected chi connectivity index (χ2v) is 19.3. The number of imidazole rings is 2. The zero-order valence-electron chi connectivity index (χ0n) is 40.2. The molecule has 0 atom stereocenters. The van der Waals surface area contributed by atoms with Crippen molar-refractivity contribution in [2.24, 2.45) is 0 Å². The van der Waals surface area contributed by atoms with Crippen LogP contribution in [0, 0.1) is 0 Å². The Morgan fingerprint density at radius 3 is 1.05 bits per heavy atom. The van der Waals surface area contributed by atoms with Gasteiger partial charge in [-0.2, -0.15) is 0 Å². The third-order valence-electron chi connectivity index (χ3n) is 15.2. The number of hydrogen-bond donors (Lipinski definition) is 0. The van der Waals surface area contributed by atoms with Crippen molar-refractivity contribution >= 4 is 62.2 Å². The standard InChI is InChI=1S/C68H44BN5/c1-5-19-45(20-6-1)47-35-39-51(40-36-47)72(52-41-37-48(38-42-52)46-21-7-2-8-22-46)53-43-62-64-63(44-53)74-66-59(32-18-34-61(66)71-68(74)57-30-16-14-28-55(57)50-25-11-4-12-26-50)69(64)58-31-17-33-60-65(58)73(62)67(70-60)56-29-15-13-27-54(56)49-23-9-3-10-24-49/h1-44H. The number of fused-ring (bicyclic) bond motifs is 4. The summed E-state index contributed by atoms with van der Waals surface area (Å²) in [6, 6.07) is 96.4. The predicted octanol–water partition coefficient (Wildman–Crippen LogP) is 15.0. The fourth-order valence-electron chi connectivity index (χ4n) is 11.9. The largest absolute Gasteiger partial charge is 0.310 e. The van der Waals surface area contributed by atoms with Gasteiger partial charge < -0.3 is 4.90 Å². The van der Waals surface area contributed by atoms with Crippen LogP contribution in [0.1, 0.15) is 0 Å². The highest BCUT2D eigenvalue weighted by Crippen LogP contribution is 2.45. The van der Waals surface area contributed by atoms with Gasteiger partial charge in [0.05, 0.1) is 27.8 Å². The molecule has 0 spiro atoms. The smallest absolute Gasteiger partial charge is 0.252 e. The number of para-hydroxylation sites is 2. The summed E-state index contributed by atoms with van der Waals surface area (Å²) in [5.41, 5.74) is 24.5. The highest BCUT2D eigenvalue weighted by atomic mass is 15.2. The van der Waals surface area contributed by atoms with Crippen molar-refractivity contribution in [1.29, 1.82) is 0 Å². The number of nitrogens with zero attached hydrogens (tertiary/aromatic N) is 5. The molecule has 0 unspecified atom stereocenters. The van der Waals surface area contributed by atoms with E-state index in [0.29, 0.717) is 0 Å². The van der Waals surface area contributed by atoms with E-state index in [1.165, 1.54) is 27.5 Å². The van der Waals surface area contributed by atoms with E-state index in [-0.39, 0.29) is 6.71 Å². The lowest BCUT2D eigenvalue weighted by Crippen LogP contribution is -2.59. The Morgan fingerprint density at radius 2 is 0.649 bits per heavy atom. The molecule has 15 rings (SSSR count). The lowest BCUT2D eigenvalue weighted by atomic mass is 9.34. The predicted molar refractivity (Wildman–Crippen MR) is 308 cm³/mol. The minimum Gasteiger partial charge on any atom is -0.310 e. The van der Waals surface area contributed by atoms with Crippen LogP contribution in [0.25, 0.3) is 101 Å². The fraction of sp³-hybridized carbons (Fsp3) is 0. The summed E-state index contributed by atoms with van der Waals surface area (Å²) < 4.78 is 4.94.